The molecule has 0 spiro atoms. The molecule has 11 nitrogen and oxygen atoms in total. The fourth-order valence-corrected chi connectivity index (χ4v) is 4.07. The van der Waals surface area contributed by atoms with Crippen LogP contribution in [0.5, 0.6) is 5.75 Å². The van der Waals surface area contributed by atoms with Crippen molar-refractivity contribution in [3.63, 3.8) is 0 Å². The molecule has 0 aromatic heterocycles. The standard InChI is InChI=1S/C30H43N3O8/c1-22(35)41-29(38)20-32-30(39)33-26-11-8-10-23(17-26)9-4-7-16-40-15-6-3-2-5-14-31-19-28(37)24-12-13-27(36)25(18-24)21-34/h8,10-13,17-18,28,31,34,36-37H,2-7,9,14-16,19-21H2,1H3,(H2,32,33,39)/t28-/m1/s1. The van der Waals surface area contributed by atoms with Gasteiger partial charge in [-0.25, -0.2) is 9.59 Å². The molecule has 0 aliphatic carbocycles. The number of carbonyl (C=O) groups is 3. The smallest absolute Gasteiger partial charge is 0.333 e. The zero-order valence-electron chi connectivity index (χ0n) is 23.7. The molecule has 0 aliphatic rings. The van der Waals surface area contributed by atoms with E-state index < -0.39 is 30.6 Å². The number of aryl methyl sites for hydroxylation is 1. The van der Waals surface area contributed by atoms with Crippen LogP contribution in [0.1, 0.15) is 68.2 Å². The summed E-state index contributed by atoms with van der Waals surface area (Å²) in [6, 6.07) is 11.7. The number of aromatic hydroxyl groups is 1. The molecule has 11 heteroatoms. The molecular weight excluding hydrogens is 530 g/mol. The van der Waals surface area contributed by atoms with Crippen molar-refractivity contribution >= 4 is 23.7 Å². The van der Waals surface area contributed by atoms with Crippen LogP contribution in [0.15, 0.2) is 42.5 Å². The molecular formula is C30H43N3O8. The van der Waals surface area contributed by atoms with Crippen molar-refractivity contribution in [2.45, 2.75) is 64.6 Å². The SMILES string of the molecule is CC(=O)OC(=O)CNC(=O)Nc1cccc(CCCCOCCCCCCNC[C@@H](O)c2ccc(O)c(CO)c2)c1. The number of phenols is 1. The van der Waals surface area contributed by atoms with Gasteiger partial charge >= 0.3 is 18.0 Å². The van der Waals surface area contributed by atoms with Crippen molar-refractivity contribution in [2.75, 3.05) is 38.2 Å². The third-order valence-corrected chi connectivity index (χ3v) is 6.23. The molecule has 0 saturated heterocycles. The number of amides is 2. The van der Waals surface area contributed by atoms with E-state index in [0.29, 0.717) is 30.0 Å². The molecule has 2 aromatic carbocycles. The first kappa shape index (κ1) is 33.7. The van der Waals surface area contributed by atoms with Gasteiger partial charge in [0, 0.05) is 37.9 Å². The molecule has 41 heavy (non-hydrogen) atoms. The molecule has 1 atom stereocenters. The lowest BCUT2D eigenvalue weighted by Crippen LogP contribution is -2.34. The van der Waals surface area contributed by atoms with E-state index in [9.17, 15) is 29.7 Å². The minimum atomic E-state index is -0.823. The van der Waals surface area contributed by atoms with Crippen LogP contribution in [0.4, 0.5) is 10.5 Å². The van der Waals surface area contributed by atoms with Crippen LogP contribution in [-0.2, 0) is 32.1 Å². The van der Waals surface area contributed by atoms with Crippen LogP contribution < -0.4 is 16.0 Å². The van der Waals surface area contributed by atoms with Crippen molar-refractivity contribution in [3.8, 4) is 5.75 Å². The van der Waals surface area contributed by atoms with Gasteiger partial charge in [0.1, 0.15) is 12.3 Å². The number of hydrogen-bond donors (Lipinski definition) is 6. The number of benzene rings is 2. The van der Waals surface area contributed by atoms with Crippen molar-refractivity contribution in [3.05, 3.63) is 59.2 Å². The van der Waals surface area contributed by atoms with Crippen LogP contribution >= 0.6 is 0 Å². The third kappa shape index (κ3) is 14.6. The van der Waals surface area contributed by atoms with Gasteiger partial charge < -0.3 is 40.7 Å². The van der Waals surface area contributed by atoms with E-state index in [-0.39, 0.29) is 12.4 Å². The summed E-state index contributed by atoms with van der Waals surface area (Å²) < 4.78 is 10.1. The normalized spacial score (nSPS) is 11.6. The minimum Gasteiger partial charge on any atom is -0.508 e. The van der Waals surface area contributed by atoms with E-state index in [0.717, 1.165) is 70.6 Å². The Balaban J connectivity index is 1.45. The highest BCUT2D eigenvalue weighted by atomic mass is 16.6. The van der Waals surface area contributed by atoms with Gasteiger partial charge in [0.05, 0.1) is 12.7 Å². The van der Waals surface area contributed by atoms with E-state index in [1.807, 2.05) is 18.2 Å². The number of carbonyl (C=O) groups excluding carboxylic acids is 3. The van der Waals surface area contributed by atoms with Gasteiger partial charge in [-0.2, -0.15) is 0 Å². The molecule has 2 aromatic rings. The Kier molecular flexibility index (Phi) is 16.1. The maximum Gasteiger partial charge on any atom is 0.333 e. The zero-order valence-corrected chi connectivity index (χ0v) is 23.7. The van der Waals surface area contributed by atoms with Crippen molar-refractivity contribution in [2.24, 2.45) is 0 Å². The van der Waals surface area contributed by atoms with Gasteiger partial charge in [0.2, 0.25) is 0 Å². The molecule has 0 heterocycles. The highest BCUT2D eigenvalue weighted by Crippen LogP contribution is 2.22. The molecule has 6 N–H and O–H groups in total. The molecule has 0 radical (unpaired) electrons. The molecule has 0 aliphatic heterocycles. The van der Waals surface area contributed by atoms with Crippen LogP contribution in [0.3, 0.4) is 0 Å². The van der Waals surface area contributed by atoms with E-state index in [4.69, 9.17) is 4.74 Å². The van der Waals surface area contributed by atoms with Gasteiger partial charge in [-0.1, -0.05) is 31.0 Å². The first-order chi connectivity index (χ1) is 19.8. The predicted octanol–water partition coefficient (Wildman–Crippen LogP) is 3.32. The molecule has 0 saturated carbocycles. The average Bonchev–Trinajstić information content (AvgIpc) is 2.94. The quantitative estimate of drug-likeness (QED) is 0.0839. The number of esters is 2. The summed E-state index contributed by atoms with van der Waals surface area (Å²) in [7, 11) is 0. The first-order valence-electron chi connectivity index (χ1n) is 14.0. The lowest BCUT2D eigenvalue weighted by molar-refractivity contribution is -0.157. The molecule has 2 rings (SSSR count). The molecule has 0 bridgehead atoms. The lowest BCUT2D eigenvalue weighted by Gasteiger charge is -2.14. The molecule has 2 amide bonds. The number of nitrogens with one attached hydrogen (secondary N) is 3. The third-order valence-electron chi connectivity index (χ3n) is 6.23. The second-order valence-electron chi connectivity index (χ2n) is 9.72. The topological polar surface area (TPSA) is 166 Å². The number of hydrogen-bond acceptors (Lipinski definition) is 9. The summed E-state index contributed by atoms with van der Waals surface area (Å²) in [4.78, 5) is 34.0. The minimum absolute atomic E-state index is 0.0253. The number of urea groups is 1. The van der Waals surface area contributed by atoms with Gasteiger partial charge in [0.25, 0.3) is 0 Å². The predicted molar refractivity (Wildman–Crippen MR) is 154 cm³/mol. The second kappa shape index (κ2) is 19.5. The monoisotopic (exact) mass is 573 g/mol. The van der Waals surface area contributed by atoms with Gasteiger partial charge in [-0.15, -0.1) is 0 Å². The Morgan fingerprint density at radius 1 is 0.951 bits per heavy atom. The summed E-state index contributed by atoms with van der Waals surface area (Å²) in [5.41, 5.74) is 2.76. The highest BCUT2D eigenvalue weighted by Gasteiger charge is 2.10. The van der Waals surface area contributed by atoms with Crippen LogP contribution in [-0.4, -0.2) is 66.1 Å². The summed E-state index contributed by atoms with van der Waals surface area (Å²) in [5.74, 6) is -1.52. The fraction of sp³-hybridized carbons (Fsp3) is 0.500. The Labute approximate surface area is 241 Å². The number of aliphatic hydroxyl groups is 2. The van der Waals surface area contributed by atoms with Crippen LogP contribution in [0.25, 0.3) is 0 Å². The van der Waals surface area contributed by atoms with Crippen molar-refractivity contribution in [1.29, 1.82) is 0 Å². The Morgan fingerprint density at radius 2 is 1.71 bits per heavy atom. The van der Waals surface area contributed by atoms with E-state index in [1.54, 1.807) is 18.2 Å². The fourth-order valence-electron chi connectivity index (χ4n) is 4.07. The average molecular weight is 574 g/mol. The zero-order chi connectivity index (χ0) is 29.9. The number of anilines is 1. The first-order valence-corrected chi connectivity index (χ1v) is 14.0. The molecule has 0 fully saturated rings. The van der Waals surface area contributed by atoms with Crippen LogP contribution in [0, 0.1) is 0 Å². The second-order valence-corrected chi connectivity index (χ2v) is 9.72. The molecule has 226 valence electrons. The number of aliphatic hydroxyl groups excluding tert-OH is 2. The van der Waals surface area contributed by atoms with Crippen LogP contribution in [0.2, 0.25) is 0 Å². The van der Waals surface area contributed by atoms with E-state index in [2.05, 4.69) is 20.7 Å². The largest absolute Gasteiger partial charge is 0.508 e. The Bertz CT molecular complexity index is 1100. The maximum absolute atomic E-state index is 11.9. The van der Waals surface area contributed by atoms with E-state index in [1.165, 1.54) is 6.07 Å². The van der Waals surface area contributed by atoms with Crippen molar-refractivity contribution in [1.82, 2.24) is 10.6 Å². The van der Waals surface area contributed by atoms with Gasteiger partial charge in [-0.05, 0) is 74.0 Å². The van der Waals surface area contributed by atoms with Gasteiger partial charge in [-0.3, -0.25) is 4.79 Å². The summed E-state index contributed by atoms with van der Waals surface area (Å²) in [5, 5.41) is 37.4. The van der Waals surface area contributed by atoms with Crippen molar-refractivity contribution < 1.29 is 39.2 Å². The van der Waals surface area contributed by atoms with E-state index >= 15 is 0 Å². The maximum atomic E-state index is 11.9. The number of ether oxygens (including phenoxy) is 2. The lowest BCUT2D eigenvalue weighted by atomic mass is 10.1. The summed E-state index contributed by atoms with van der Waals surface area (Å²) in [6.45, 7) is 3.10. The summed E-state index contributed by atoms with van der Waals surface area (Å²) in [6.07, 6.45) is 6.20. The summed E-state index contributed by atoms with van der Waals surface area (Å²) >= 11 is 0. The van der Waals surface area contributed by atoms with Gasteiger partial charge in [0.15, 0.2) is 0 Å². The number of rotatable bonds is 19. The molecule has 0 unspecified atom stereocenters. The highest BCUT2D eigenvalue weighted by molar-refractivity contribution is 5.93. The number of unbranched alkanes of at least 4 members (excludes halogenated alkanes) is 4. The Morgan fingerprint density at radius 3 is 2.46 bits per heavy atom. The Hall–Kier alpha value is -3.51.